The summed E-state index contributed by atoms with van der Waals surface area (Å²) < 4.78 is 0.821. The van der Waals surface area contributed by atoms with E-state index in [1.165, 1.54) is 0 Å². The summed E-state index contributed by atoms with van der Waals surface area (Å²) >= 11 is 8.41. The average molecular weight is 284 g/mol. The van der Waals surface area contributed by atoms with E-state index in [0.29, 0.717) is 10.7 Å². The smallest absolute Gasteiger partial charge is 0.170 e. The molecule has 0 aliphatic carbocycles. The van der Waals surface area contributed by atoms with Crippen LogP contribution in [-0.2, 0) is 0 Å². The molecule has 1 aromatic rings. The summed E-state index contributed by atoms with van der Waals surface area (Å²) in [6.45, 7) is 2.75. The molecule has 0 saturated carbocycles. The minimum Gasteiger partial charge on any atom is -0.363 e. The Morgan fingerprint density at radius 1 is 1.60 bits per heavy atom. The van der Waals surface area contributed by atoms with Gasteiger partial charge in [0, 0.05) is 11.0 Å². The zero-order valence-corrected chi connectivity index (χ0v) is 10.6. The van der Waals surface area contributed by atoms with Crippen LogP contribution < -0.4 is 10.6 Å². The molecule has 0 aromatic heterocycles. The summed E-state index contributed by atoms with van der Waals surface area (Å²) in [5.74, 6) is 0. The Bertz CT molecular complexity index is 412. The van der Waals surface area contributed by atoms with Gasteiger partial charge < -0.3 is 10.6 Å². The van der Waals surface area contributed by atoms with Crippen molar-refractivity contribution in [1.29, 1.82) is 5.26 Å². The largest absolute Gasteiger partial charge is 0.363 e. The zero-order valence-electron chi connectivity index (χ0n) is 8.17. The van der Waals surface area contributed by atoms with Crippen LogP contribution in [0, 0.1) is 11.3 Å². The second kappa shape index (κ2) is 5.69. The number of hydrogen-bond acceptors (Lipinski definition) is 2. The third-order valence-electron chi connectivity index (χ3n) is 1.68. The van der Waals surface area contributed by atoms with Crippen molar-refractivity contribution in [2.24, 2.45) is 0 Å². The highest BCUT2D eigenvalue weighted by Gasteiger charge is 2.02. The van der Waals surface area contributed by atoms with Crippen LogP contribution in [0.15, 0.2) is 22.7 Å². The van der Waals surface area contributed by atoms with E-state index in [2.05, 4.69) is 32.6 Å². The van der Waals surface area contributed by atoms with Crippen molar-refractivity contribution in [3.63, 3.8) is 0 Å². The number of nitriles is 1. The van der Waals surface area contributed by atoms with Gasteiger partial charge in [-0.3, -0.25) is 0 Å². The van der Waals surface area contributed by atoms with Gasteiger partial charge in [-0.2, -0.15) is 5.26 Å². The fraction of sp³-hybridized carbons (Fsp3) is 0.200. The summed E-state index contributed by atoms with van der Waals surface area (Å²) in [6, 6.07) is 7.36. The van der Waals surface area contributed by atoms with Gasteiger partial charge in [0.05, 0.1) is 17.3 Å². The molecule has 0 radical (unpaired) electrons. The van der Waals surface area contributed by atoms with E-state index in [1.807, 2.05) is 13.0 Å². The Morgan fingerprint density at radius 2 is 2.33 bits per heavy atom. The Labute approximate surface area is 103 Å². The minimum atomic E-state index is 0.572. The van der Waals surface area contributed by atoms with Gasteiger partial charge in [-0.05, 0) is 53.3 Å². The first-order valence-electron chi connectivity index (χ1n) is 4.42. The van der Waals surface area contributed by atoms with Crippen LogP contribution in [0.4, 0.5) is 5.69 Å². The van der Waals surface area contributed by atoms with Crippen molar-refractivity contribution in [2.75, 3.05) is 11.9 Å². The molecule has 0 atom stereocenters. The maximum atomic E-state index is 8.69. The highest BCUT2D eigenvalue weighted by Crippen LogP contribution is 2.23. The van der Waals surface area contributed by atoms with Gasteiger partial charge in [-0.1, -0.05) is 0 Å². The molecule has 0 amide bonds. The first-order chi connectivity index (χ1) is 7.17. The number of nitrogens with zero attached hydrogens (tertiary/aromatic N) is 1. The highest BCUT2D eigenvalue weighted by atomic mass is 79.9. The molecular formula is C10H10BrN3S. The number of hydrogen-bond donors (Lipinski definition) is 2. The van der Waals surface area contributed by atoms with Gasteiger partial charge in [0.1, 0.15) is 0 Å². The average Bonchev–Trinajstić information content (AvgIpc) is 2.21. The SMILES string of the molecule is CCNC(=S)Nc1ccc(C#N)cc1Br. The van der Waals surface area contributed by atoms with Crippen molar-refractivity contribution < 1.29 is 0 Å². The van der Waals surface area contributed by atoms with E-state index >= 15 is 0 Å². The fourth-order valence-electron chi connectivity index (χ4n) is 1.01. The monoisotopic (exact) mass is 283 g/mol. The van der Waals surface area contributed by atoms with E-state index in [9.17, 15) is 0 Å². The van der Waals surface area contributed by atoms with E-state index in [-0.39, 0.29) is 0 Å². The number of nitrogens with one attached hydrogen (secondary N) is 2. The van der Waals surface area contributed by atoms with Crippen molar-refractivity contribution in [3.8, 4) is 6.07 Å². The second-order valence-corrected chi connectivity index (χ2v) is 4.05. The van der Waals surface area contributed by atoms with Crippen LogP contribution in [0.2, 0.25) is 0 Å². The van der Waals surface area contributed by atoms with E-state index in [0.717, 1.165) is 16.7 Å². The van der Waals surface area contributed by atoms with E-state index in [1.54, 1.807) is 12.1 Å². The first-order valence-corrected chi connectivity index (χ1v) is 5.62. The zero-order chi connectivity index (χ0) is 11.3. The Morgan fingerprint density at radius 3 is 2.87 bits per heavy atom. The van der Waals surface area contributed by atoms with Crippen LogP contribution in [0.5, 0.6) is 0 Å². The van der Waals surface area contributed by atoms with Gasteiger partial charge in [-0.15, -0.1) is 0 Å². The molecule has 0 aliphatic heterocycles. The number of rotatable bonds is 2. The van der Waals surface area contributed by atoms with Crippen LogP contribution >= 0.6 is 28.1 Å². The van der Waals surface area contributed by atoms with Gasteiger partial charge in [-0.25, -0.2) is 0 Å². The molecule has 78 valence electrons. The molecule has 1 aromatic carbocycles. The Balaban J connectivity index is 2.79. The predicted molar refractivity (Wildman–Crippen MR) is 68.8 cm³/mol. The number of halogens is 1. The second-order valence-electron chi connectivity index (χ2n) is 2.79. The van der Waals surface area contributed by atoms with Crippen LogP contribution in [0.3, 0.4) is 0 Å². The van der Waals surface area contributed by atoms with Gasteiger partial charge in [0.2, 0.25) is 0 Å². The fourth-order valence-corrected chi connectivity index (χ4v) is 1.75. The molecule has 2 N–H and O–H groups in total. The minimum absolute atomic E-state index is 0.572. The summed E-state index contributed by atoms with van der Waals surface area (Å²) in [7, 11) is 0. The van der Waals surface area contributed by atoms with Gasteiger partial charge in [0.25, 0.3) is 0 Å². The molecule has 15 heavy (non-hydrogen) atoms. The quantitative estimate of drug-likeness (QED) is 0.820. The Kier molecular flexibility index (Phi) is 4.53. The lowest BCUT2D eigenvalue weighted by molar-refractivity contribution is 0.979. The molecule has 1 rings (SSSR count). The molecule has 0 heterocycles. The molecule has 0 spiro atoms. The van der Waals surface area contributed by atoms with E-state index < -0.39 is 0 Å². The maximum Gasteiger partial charge on any atom is 0.170 e. The molecular weight excluding hydrogens is 274 g/mol. The highest BCUT2D eigenvalue weighted by molar-refractivity contribution is 9.10. The van der Waals surface area contributed by atoms with Crippen LogP contribution in [0.1, 0.15) is 12.5 Å². The van der Waals surface area contributed by atoms with Crippen LogP contribution in [-0.4, -0.2) is 11.7 Å². The van der Waals surface area contributed by atoms with Crippen molar-refractivity contribution >= 4 is 38.9 Å². The molecule has 5 heteroatoms. The number of thiocarbonyl (C=S) groups is 1. The molecule has 3 nitrogen and oxygen atoms in total. The third kappa shape index (κ3) is 3.50. The summed E-state index contributed by atoms with van der Waals surface area (Å²) in [6.07, 6.45) is 0. The molecule has 0 aliphatic rings. The van der Waals surface area contributed by atoms with Crippen molar-refractivity contribution in [1.82, 2.24) is 5.32 Å². The standard InChI is InChI=1S/C10H10BrN3S/c1-2-13-10(15)14-9-4-3-7(6-12)5-8(9)11/h3-5H,2H2,1H3,(H2,13,14,15). The normalized spacial score (nSPS) is 9.13. The topological polar surface area (TPSA) is 47.8 Å². The van der Waals surface area contributed by atoms with Gasteiger partial charge in [0.15, 0.2) is 5.11 Å². The van der Waals surface area contributed by atoms with Crippen molar-refractivity contribution in [3.05, 3.63) is 28.2 Å². The number of anilines is 1. The lowest BCUT2D eigenvalue weighted by atomic mass is 10.2. The first kappa shape index (κ1) is 12.0. The van der Waals surface area contributed by atoms with Gasteiger partial charge >= 0.3 is 0 Å². The predicted octanol–water partition coefficient (Wildman–Crippen LogP) is 2.63. The lowest BCUT2D eigenvalue weighted by Gasteiger charge is -2.10. The van der Waals surface area contributed by atoms with E-state index in [4.69, 9.17) is 17.5 Å². The summed E-state index contributed by atoms with van der Waals surface area (Å²) in [5.41, 5.74) is 1.46. The lowest BCUT2D eigenvalue weighted by Crippen LogP contribution is -2.28. The van der Waals surface area contributed by atoms with Crippen molar-refractivity contribution in [2.45, 2.75) is 6.92 Å². The van der Waals surface area contributed by atoms with Crippen LogP contribution in [0.25, 0.3) is 0 Å². The summed E-state index contributed by atoms with van der Waals surface area (Å²) in [5, 5.41) is 15.3. The Hall–Kier alpha value is -1.12. The molecule has 0 unspecified atom stereocenters. The summed E-state index contributed by atoms with van der Waals surface area (Å²) in [4.78, 5) is 0. The maximum absolute atomic E-state index is 8.69. The molecule has 0 fully saturated rings. The molecule has 0 saturated heterocycles. The third-order valence-corrected chi connectivity index (χ3v) is 2.59. The molecule has 0 bridgehead atoms. The number of benzene rings is 1.